The van der Waals surface area contributed by atoms with E-state index in [0.29, 0.717) is 25.6 Å². The first-order valence-corrected chi connectivity index (χ1v) is 8.67. The Morgan fingerprint density at radius 1 is 1.40 bits per heavy atom. The van der Waals surface area contributed by atoms with Crippen LogP contribution < -0.4 is 5.73 Å². The maximum Gasteiger partial charge on any atom is 0.262 e. The van der Waals surface area contributed by atoms with E-state index >= 15 is 0 Å². The van der Waals surface area contributed by atoms with Crippen molar-refractivity contribution in [3.8, 4) is 0 Å². The van der Waals surface area contributed by atoms with Crippen LogP contribution >= 0.6 is 0 Å². The molecule has 1 fully saturated rings. The van der Waals surface area contributed by atoms with Crippen molar-refractivity contribution >= 4 is 10.0 Å². The predicted octanol–water partition coefficient (Wildman–Crippen LogP) is 0.961. The second-order valence-corrected chi connectivity index (χ2v) is 7.29. The third kappa shape index (κ3) is 3.05. The first kappa shape index (κ1) is 15.5. The fourth-order valence-electron chi connectivity index (χ4n) is 2.59. The summed E-state index contributed by atoms with van der Waals surface area (Å²) in [5.74, 6) is 1.20. The van der Waals surface area contributed by atoms with E-state index in [-0.39, 0.29) is 5.03 Å². The molecule has 0 bridgehead atoms. The topological polar surface area (TPSA) is 81.2 Å². The van der Waals surface area contributed by atoms with Crippen molar-refractivity contribution in [3.63, 3.8) is 0 Å². The monoisotopic (exact) mass is 300 g/mol. The van der Waals surface area contributed by atoms with Gasteiger partial charge < -0.3 is 10.3 Å². The highest BCUT2D eigenvalue weighted by Crippen LogP contribution is 2.23. The van der Waals surface area contributed by atoms with Crippen LogP contribution in [-0.2, 0) is 16.6 Å². The number of nitrogens with two attached hydrogens (primary N) is 1. The van der Waals surface area contributed by atoms with Gasteiger partial charge in [0, 0.05) is 25.8 Å². The van der Waals surface area contributed by atoms with Crippen molar-refractivity contribution < 1.29 is 8.42 Å². The van der Waals surface area contributed by atoms with Crippen LogP contribution in [0.4, 0.5) is 0 Å². The minimum atomic E-state index is -3.45. The van der Waals surface area contributed by atoms with E-state index in [1.807, 2.05) is 11.5 Å². The van der Waals surface area contributed by atoms with E-state index in [0.717, 1.165) is 31.6 Å². The molecular formula is C13H24N4O2S. The van der Waals surface area contributed by atoms with Crippen LogP contribution in [0.3, 0.4) is 0 Å². The summed E-state index contributed by atoms with van der Waals surface area (Å²) in [4.78, 5) is 4.22. The molecule has 2 rings (SSSR count). The summed E-state index contributed by atoms with van der Waals surface area (Å²) in [7, 11) is -3.45. The van der Waals surface area contributed by atoms with Crippen molar-refractivity contribution in [2.24, 2.45) is 11.7 Å². The van der Waals surface area contributed by atoms with Crippen LogP contribution in [-0.4, -0.2) is 41.9 Å². The van der Waals surface area contributed by atoms with Gasteiger partial charge in [-0.3, -0.25) is 0 Å². The number of aryl methyl sites for hydroxylation is 2. The van der Waals surface area contributed by atoms with E-state index in [4.69, 9.17) is 5.73 Å². The van der Waals surface area contributed by atoms with Gasteiger partial charge in [-0.25, -0.2) is 13.4 Å². The Labute approximate surface area is 121 Å². The first-order chi connectivity index (χ1) is 9.48. The molecule has 0 unspecified atom stereocenters. The molecule has 0 spiro atoms. The molecule has 2 heterocycles. The molecule has 0 radical (unpaired) electrons. The van der Waals surface area contributed by atoms with Gasteiger partial charge in [-0.2, -0.15) is 4.31 Å². The van der Waals surface area contributed by atoms with E-state index in [1.54, 1.807) is 6.20 Å². The zero-order chi connectivity index (χ0) is 14.8. The summed E-state index contributed by atoms with van der Waals surface area (Å²) in [5, 5.41) is 0.176. The summed E-state index contributed by atoms with van der Waals surface area (Å²) in [5.41, 5.74) is 5.64. The van der Waals surface area contributed by atoms with Gasteiger partial charge in [0.2, 0.25) is 0 Å². The van der Waals surface area contributed by atoms with Gasteiger partial charge in [-0.1, -0.05) is 6.92 Å². The van der Waals surface area contributed by atoms with Gasteiger partial charge in [0.05, 0.1) is 0 Å². The minimum absolute atomic E-state index is 0.176. The van der Waals surface area contributed by atoms with Crippen molar-refractivity contribution in [2.45, 2.75) is 44.7 Å². The summed E-state index contributed by atoms with van der Waals surface area (Å²) >= 11 is 0. The molecular weight excluding hydrogens is 276 g/mol. The van der Waals surface area contributed by atoms with Crippen LogP contribution in [0.5, 0.6) is 0 Å². The number of sulfonamides is 1. The summed E-state index contributed by atoms with van der Waals surface area (Å²) in [6, 6.07) is 0. The number of hydrogen-bond donors (Lipinski definition) is 1. The lowest BCUT2D eigenvalue weighted by molar-refractivity contribution is 0.278. The molecule has 20 heavy (non-hydrogen) atoms. The Balaban J connectivity index is 2.16. The number of hydrogen-bond acceptors (Lipinski definition) is 4. The van der Waals surface area contributed by atoms with E-state index < -0.39 is 10.0 Å². The zero-order valence-corrected chi connectivity index (χ0v) is 13.1. The van der Waals surface area contributed by atoms with Crippen molar-refractivity contribution in [1.82, 2.24) is 13.9 Å². The largest absolute Gasteiger partial charge is 0.334 e. The zero-order valence-electron chi connectivity index (χ0n) is 12.2. The van der Waals surface area contributed by atoms with E-state index in [1.165, 1.54) is 4.31 Å². The van der Waals surface area contributed by atoms with Gasteiger partial charge in [-0.05, 0) is 38.6 Å². The summed E-state index contributed by atoms with van der Waals surface area (Å²) in [6.45, 7) is 6.43. The average Bonchev–Trinajstić information content (AvgIpc) is 2.81. The highest BCUT2D eigenvalue weighted by molar-refractivity contribution is 7.89. The minimum Gasteiger partial charge on any atom is -0.334 e. The van der Waals surface area contributed by atoms with Crippen LogP contribution in [0, 0.1) is 12.8 Å². The highest BCUT2D eigenvalue weighted by Gasteiger charge is 2.31. The van der Waals surface area contributed by atoms with Crippen LogP contribution in [0.15, 0.2) is 11.2 Å². The molecule has 0 atom stereocenters. The number of nitrogens with zero attached hydrogens (tertiary/aromatic N) is 3. The lowest BCUT2D eigenvalue weighted by atomic mass is 9.99. The number of aromatic nitrogens is 2. The predicted molar refractivity (Wildman–Crippen MR) is 77.8 cm³/mol. The molecule has 0 aromatic carbocycles. The van der Waals surface area contributed by atoms with Crippen LogP contribution in [0.2, 0.25) is 0 Å². The van der Waals surface area contributed by atoms with Gasteiger partial charge >= 0.3 is 0 Å². The molecule has 1 aliphatic rings. The van der Waals surface area contributed by atoms with Crippen molar-refractivity contribution in [3.05, 3.63) is 12.0 Å². The molecule has 1 saturated heterocycles. The fraction of sp³-hybridized carbons (Fsp3) is 0.769. The van der Waals surface area contributed by atoms with Gasteiger partial charge in [0.25, 0.3) is 10.0 Å². The molecule has 1 aromatic rings. The standard InChI is InChI=1S/C13H24N4O2S/c1-3-6-16-10-13(15-11(16)2)20(18,19)17-7-4-12(9-14)5-8-17/h10,12H,3-9,14H2,1-2H3. The molecule has 0 amide bonds. The molecule has 1 aliphatic heterocycles. The van der Waals surface area contributed by atoms with Crippen molar-refractivity contribution in [2.75, 3.05) is 19.6 Å². The first-order valence-electron chi connectivity index (χ1n) is 7.23. The highest BCUT2D eigenvalue weighted by atomic mass is 32.2. The maximum absolute atomic E-state index is 12.6. The van der Waals surface area contributed by atoms with Crippen LogP contribution in [0.25, 0.3) is 0 Å². The second-order valence-electron chi connectivity index (χ2n) is 5.40. The second kappa shape index (κ2) is 6.24. The molecule has 7 heteroatoms. The van der Waals surface area contributed by atoms with Crippen LogP contribution in [0.1, 0.15) is 32.0 Å². The third-order valence-electron chi connectivity index (χ3n) is 3.93. The Hall–Kier alpha value is -0.920. The van der Waals surface area contributed by atoms with Gasteiger partial charge in [0.15, 0.2) is 5.03 Å². The average molecular weight is 300 g/mol. The quantitative estimate of drug-likeness (QED) is 0.878. The molecule has 1 aromatic heterocycles. The number of rotatable bonds is 5. The fourth-order valence-corrected chi connectivity index (χ4v) is 4.05. The molecule has 2 N–H and O–H groups in total. The Morgan fingerprint density at radius 3 is 2.60 bits per heavy atom. The molecule has 0 saturated carbocycles. The maximum atomic E-state index is 12.6. The molecule has 6 nitrogen and oxygen atoms in total. The van der Waals surface area contributed by atoms with Crippen molar-refractivity contribution in [1.29, 1.82) is 0 Å². The number of piperidine rings is 1. The lowest BCUT2D eigenvalue weighted by Crippen LogP contribution is -2.40. The SMILES string of the molecule is CCCn1cc(S(=O)(=O)N2CCC(CN)CC2)nc1C. The Bertz CT molecular complexity index is 545. The summed E-state index contributed by atoms with van der Waals surface area (Å²) in [6.07, 6.45) is 4.29. The lowest BCUT2D eigenvalue weighted by Gasteiger charge is -2.29. The summed E-state index contributed by atoms with van der Waals surface area (Å²) < 4.78 is 28.6. The van der Waals surface area contributed by atoms with E-state index in [9.17, 15) is 8.42 Å². The Kier molecular flexibility index (Phi) is 4.82. The molecule has 0 aliphatic carbocycles. The normalized spacial score (nSPS) is 18.6. The molecule has 114 valence electrons. The third-order valence-corrected chi connectivity index (χ3v) is 5.70. The van der Waals surface area contributed by atoms with Gasteiger partial charge in [-0.15, -0.1) is 0 Å². The van der Waals surface area contributed by atoms with E-state index in [2.05, 4.69) is 11.9 Å². The number of imidazole rings is 1. The Morgan fingerprint density at radius 2 is 2.05 bits per heavy atom. The van der Waals surface area contributed by atoms with Gasteiger partial charge in [0.1, 0.15) is 5.82 Å². The smallest absolute Gasteiger partial charge is 0.262 e.